The molecular formula is C12H15N3. The van der Waals surface area contributed by atoms with Gasteiger partial charge in [-0.25, -0.2) is 0 Å². The van der Waals surface area contributed by atoms with Crippen molar-refractivity contribution in [1.29, 1.82) is 0 Å². The number of rotatable bonds is 3. The Labute approximate surface area is 89.7 Å². The van der Waals surface area contributed by atoms with Crippen molar-refractivity contribution in [2.75, 3.05) is 5.32 Å². The molecule has 0 aliphatic rings. The van der Waals surface area contributed by atoms with Crippen molar-refractivity contribution < 1.29 is 0 Å². The fourth-order valence-electron chi connectivity index (χ4n) is 1.52. The topological polar surface area (TPSA) is 29.9 Å². The van der Waals surface area contributed by atoms with Crippen LogP contribution in [0.15, 0.2) is 36.5 Å². The van der Waals surface area contributed by atoms with Crippen LogP contribution in [0.3, 0.4) is 0 Å². The van der Waals surface area contributed by atoms with E-state index >= 15 is 0 Å². The number of aromatic nitrogens is 2. The predicted molar refractivity (Wildman–Crippen MR) is 61.7 cm³/mol. The Morgan fingerprint density at radius 3 is 2.87 bits per heavy atom. The zero-order chi connectivity index (χ0) is 10.7. The molecule has 0 fully saturated rings. The molecule has 1 aromatic heterocycles. The Balaban J connectivity index is 2.02. The number of benzene rings is 1. The van der Waals surface area contributed by atoms with Crippen LogP contribution in [0.2, 0.25) is 0 Å². The van der Waals surface area contributed by atoms with Crippen LogP contribution in [0, 0.1) is 6.92 Å². The van der Waals surface area contributed by atoms with Crippen LogP contribution < -0.4 is 5.32 Å². The van der Waals surface area contributed by atoms with Gasteiger partial charge >= 0.3 is 0 Å². The van der Waals surface area contributed by atoms with Gasteiger partial charge in [-0.3, -0.25) is 4.68 Å². The van der Waals surface area contributed by atoms with Crippen molar-refractivity contribution in [2.45, 2.75) is 13.5 Å². The fraction of sp³-hybridized carbons (Fsp3) is 0.250. The van der Waals surface area contributed by atoms with E-state index in [0.29, 0.717) is 0 Å². The van der Waals surface area contributed by atoms with Crippen LogP contribution >= 0.6 is 0 Å². The lowest BCUT2D eigenvalue weighted by molar-refractivity contribution is 0.720. The van der Waals surface area contributed by atoms with Crippen LogP contribution in [0.25, 0.3) is 0 Å². The molecular weight excluding hydrogens is 186 g/mol. The lowest BCUT2D eigenvalue weighted by Crippen LogP contribution is -2.05. The minimum absolute atomic E-state index is 0.806. The second-order valence-corrected chi connectivity index (χ2v) is 3.67. The van der Waals surface area contributed by atoms with Gasteiger partial charge in [0.1, 0.15) is 0 Å². The first-order valence-electron chi connectivity index (χ1n) is 5.03. The summed E-state index contributed by atoms with van der Waals surface area (Å²) in [5, 5.41) is 7.49. The minimum atomic E-state index is 0.806. The van der Waals surface area contributed by atoms with Crippen LogP contribution in [0.5, 0.6) is 0 Å². The van der Waals surface area contributed by atoms with Gasteiger partial charge in [-0.15, -0.1) is 0 Å². The summed E-state index contributed by atoms with van der Waals surface area (Å²) in [6.07, 6.45) is 1.81. The molecule has 0 amide bonds. The molecule has 0 saturated heterocycles. The van der Waals surface area contributed by atoms with Crippen molar-refractivity contribution >= 4 is 5.69 Å². The second kappa shape index (κ2) is 4.17. The Morgan fingerprint density at radius 2 is 2.20 bits per heavy atom. The molecule has 0 radical (unpaired) electrons. The van der Waals surface area contributed by atoms with Crippen LogP contribution in [-0.2, 0) is 13.6 Å². The molecule has 2 aromatic rings. The third-order valence-corrected chi connectivity index (χ3v) is 2.41. The molecule has 1 aromatic carbocycles. The summed E-state index contributed by atoms with van der Waals surface area (Å²) < 4.78 is 1.88. The van der Waals surface area contributed by atoms with Crippen molar-refractivity contribution in [3.8, 4) is 0 Å². The lowest BCUT2D eigenvalue weighted by atomic mass is 10.2. The van der Waals surface area contributed by atoms with E-state index < -0.39 is 0 Å². The number of anilines is 1. The standard InChI is InChI=1S/C12H15N3/c1-10-4-3-5-11(8-10)13-9-12-6-7-14-15(12)2/h3-8,13H,9H2,1-2H3. The average Bonchev–Trinajstić information content (AvgIpc) is 2.61. The van der Waals surface area contributed by atoms with Gasteiger partial charge < -0.3 is 5.32 Å². The first-order valence-corrected chi connectivity index (χ1v) is 5.03. The van der Waals surface area contributed by atoms with Gasteiger partial charge in [0.25, 0.3) is 0 Å². The molecule has 0 atom stereocenters. The summed E-state index contributed by atoms with van der Waals surface area (Å²) in [6, 6.07) is 10.4. The summed E-state index contributed by atoms with van der Waals surface area (Å²) in [6.45, 7) is 2.90. The zero-order valence-corrected chi connectivity index (χ0v) is 9.07. The molecule has 2 rings (SSSR count). The Morgan fingerprint density at radius 1 is 1.33 bits per heavy atom. The highest BCUT2D eigenvalue weighted by Crippen LogP contribution is 2.10. The van der Waals surface area contributed by atoms with Gasteiger partial charge in [0.15, 0.2) is 0 Å². The highest BCUT2D eigenvalue weighted by atomic mass is 15.3. The first-order chi connectivity index (χ1) is 7.25. The van der Waals surface area contributed by atoms with Gasteiger partial charge in [-0.2, -0.15) is 5.10 Å². The van der Waals surface area contributed by atoms with Gasteiger partial charge in [0.05, 0.1) is 12.2 Å². The van der Waals surface area contributed by atoms with E-state index in [1.807, 2.05) is 24.0 Å². The van der Waals surface area contributed by atoms with Gasteiger partial charge in [-0.05, 0) is 30.7 Å². The molecule has 0 saturated carbocycles. The third-order valence-electron chi connectivity index (χ3n) is 2.41. The number of nitrogens with zero attached hydrogens (tertiary/aromatic N) is 2. The molecule has 0 unspecified atom stereocenters. The molecule has 0 spiro atoms. The van der Waals surface area contributed by atoms with E-state index in [0.717, 1.165) is 12.2 Å². The first kappa shape index (κ1) is 9.77. The van der Waals surface area contributed by atoms with Crippen molar-refractivity contribution in [1.82, 2.24) is 9.78 Å². The van der Waals surface area contributed by atoms with Crippen molar-refractivity contribution in [2.24, 2.45) is 7.05 Å². The normalized spacial score (nSPS) is 10.3. The van der Waals surface area contributed by atoms with E-state index in [2.05, 4.69) is 41.6 Å². The number of hydrogen-bond acceptors (Lipinski definition) is 2. The number of aryl methyl sites for hydroxylation is 2. The maximum atomic E-state index is 4.12. The summed E-state index contributed by atoms with van der Waals surface area (Å²) in [5.41, 5.74) is 3.60. The SMILES string of the molecule is Cc1cccc(NCc2ccnn2C)c1. The quantitative estimate of drug-likeness (QED) is 0.826. The Kier molecular flexibility index (Phi) is 2.72. The maximum absolute atomic E-state index is 4.12. The number of hydrogen-bond donors (Lipinski definition) is 1. The predicted octanol–water partition coefficient (Wildman–Crippen LogP) is 2.34. The Hall–Kier alpha value is -1.77. The molecule has 3 nitrogen and oxygen atoms in total. The zero-order valence-electron chi connectivity index (χ0n) is 9.07. The molecule has 1 heterocycles. The maximum Gasteiger partial charge on any atom is 0.0571 e. The monoisotopic (exact) mass is 201 g/mol. The minimum Gasteiger partial charge on any atom is -0.379 e. The van der Waals surface area contributed by atoms with Gasteiger partial charge in [0.2, 0.25) is 0 Å². The van der Waals surface area contributed by atoms with E-state index in [9.17, 15) is 0 Å². The molecule has 0 bridgehead atoms. The van der Waals surface area contributed by atoms with E-state index in [-0.39, 0.29) is 0 Å². The molecule has 78 valence electrons. The van der Waals surface area contributed by atoms with Crippen molar-refractivity contribution in [3.05, 3.63) is 47.8 Å². The Bertz CT molecular complexity index is 446. The van der Waals surface area contributed by atoms with E-state index in [1.165, 1.54) is 11.3 Å². The highest BCUT2D eigenvalue weighted by Gasteiger charge is 1.97. The fourth-order valence-corrected chi connectivity index (χ4v) is 1.52. The smallest absolute Gasteiger partial charge is 0.0571 e. The summed E-state index contributed by atoms with van der Waals surface area (Å²) >= 11 is 0. The van der Waals surface area contributed by atoms with Crippen LogP contribution in [0.4, 0.5) is 5.69 Å². The molecule has 15 heavy (non-hydrogen) atoms. The highest BCUT2D eigenvalue weighted by molar-refractivity contribution is 5.45. The van der Waals surface area contributed by atoms with Crippen LogP contribution in [0.1, 0.15) is 11.3 Å². The van der Waals surface area contributed by atoms with E-state index in [1.54, 1.807) is 0 Å². The second-order valence-electron chi connectivity index (χ2n) is 3.67. The summed E-state index contributed by atoms with van der Waals surface area (Å²) in [7, 11) is 1.95. The molecule has 0 aliphatic carbocycles. The molecule has 0 aliphatic heterocycles. The van der Waals surface area contributed by atoms with Crippen LogP contribution in [-0.4, -0.2) is 9.78 Å². The largest absolute Gasteiger partial charge is 0.379 e. The summed E-state index contributed by atoms with van der Waals surface area (Å²) in [5.74, 6) is 0. The van der Waals surface area contributed by atoms with Gasteiger partial charge in [0, 0.05) is 18.9 Å². The van der Waals surface area contributed by atoms with E-state index in [4.69, 9.17) is 0 Å². The number of nitrogens with one attached hydrogen (secondary N) is 1. The molecule has 3 heteroatoms. The lowest BCUT2D eigenvalue weighted by Gasteiger charge is -2.07. The summed E-state index contributed by atoms with van der Waals surface area (Å²) in [4.78, 5) is 0. The van der Waals surface area contributed by atoms with Gasteiger partial charge in [-0.1, -0.05) is 12.1 Å². The third kappa shape index (κ3) is 2.37. The van der Waals surface area contributed by atoms with Crippen molar-refractivity contribution in [3.63, 3.8) is 0 Å². The molecule has 1 N–H and O–H groups in total. The average molecular weight is 201 g/mol.